The molecule has 9 amide bonds. The van der Waals surface area contributed by atoms with Crippen molar-refractivity contribution in [3.05, 3.63) is 56.8 Å². The van der Waals surface area contributed by atoms with Gasteiger partial charge in [0.1, 0.15) is 112 Å². The number of ether oxygens (including phenoxy) is 7. The number of nitrogens with two attached hydrogens (primary N) is 7. The van der Waals surface area contributed by atoms with Crippen molar-refractivity contribution in [2.24, 2.45) is 34.4 Å². The van der Waals surface area contributed by atoms with Crippen molar-refractivity contribution in [3.63, 3.8) is 0 Å². The van der Waals surface area contributed by atoms with Gasteiger partial charge in [-0.25, -0.2) is 29.7 Å². The van der Waals surface area contributed by atoms with Gasteiger partial charge in [0.15, 0.2) is 37.3 Å². The number of hydrogen-bond donors (Lipinski definition) is 27. The van der Waals surface area contributed by atoms with Crippen LogP contribution in [0, 0.1) is 6.92 Å². The molecule has 4 aromatic rings. The number of hydrogen-bond acceptors (Lipinski definition) is 40. The molecule has 3 saturated heterocycles. The third-order valence-electron chi connectivity index (χ3n) is 18.6. The van der Waals surface area contributed by atoms with Crippen molar-refractivity contribution in [2.45, 2.75) is 225 Å². The van der Waals surface area contributed by atoms with Crippen LogP contribution in [0.1, 0.15) is 121 Å². The lowest BCUT2D eigenvalue weighted by Gasteiger charge is -2.47. The van der Waals surface area contributed by atoms with E-state index in [1.54, 1.807) is 7.05 Å². The Morgan fingerprint density at radius 2 is 1.37 bits per heavy atom. The van der Waals surface area contributed by atoms with Crippen molar-refractivity contribution < 1.29 is 132 Å². The maximum absolute atomic E-state index is 15.3. The first-order valence-corrected chi connectivity index (χ1v) is 37.9. The molecular weight excluding hydrogens is 1570 g/mol. The number of rotatable bonds is 43. The summed E-state index contributed by atoms with van der Waals surface area (Å²) in [5.41, 5.74) is 39.5. The Morgan fingerprint density at radius 1 is 0.696 bits per heavy atom. The van der Waals surface area contributed by atoms with Gasteiger partial charge >= 0.3 is 6.09 Å². The predicted octanol–water partition coefficient (Wildman–Crippen LogP) is -11.4. The number of aromatic nitrogens is 6. The summed E-state index contributed by atoms with van der Waals surface area (Å²) < 4.78 is 40.4. The quantitative estimate of drug-likeness (QED) is 0.0145. The fraction of sp³-hybridized carbons (Fsp3) is 0.662. The van der Waals surface area contributed by atoms with E-state index in [4.69, 9.17) is 73.3 Å². The van der Waals surface area contributed by atoms with E-state index < -0.39 is 256 Å². The number of aromatic amines is 1. The number of nitrogens with zero attached hydrogens (tertiary/aromatic N) is 5. The summed E-state index contributed by atoms with van der Waals surface area (Å²) >= 11 is 1.84. The average molecular weight is 1670 g/mol. The van der Waals surface area contributed by atoms with E-state index in [-0.39, 0.29) is 51.5 Å². The van der Waals surface area contributed by atoms with E-state index >= 15 is 9.59 Å². The Bertz CT molecular complexity index is 3880. The summed E-state index contributed by atoms with van der Waals surface area (Å²) in [5.74, 6) is -8.63. The van der Waals surface area contributed by atoms with Gasteiger partial charge in [-0.1, -0.05) is 0 Å². The highest BCUT2D eigenvalue weighted by Gasteiger charge is 2.54. The molecule has 26 atom stereocenters. The highest BCUT2D eigenvalue weighted by molar-refractivity contribution is 7.14. The van der Waals surface area contributed by atoms with Gasteiger partial charge in [-0.3, -0.25) is 38.4 Å². The van der Waals surface area contributed by atoms with E-state index in [1.165, 1.54) is 24.6 Å². The number of thiazole rings is 2. The first-order valence-electron chi connectivity index (χ1n) is 36.1. The number of primary amides is 3. The fourth-order valence-electron chi connectivity index (χ4n) is 11.9. The zero-order valence-corrected chi connectivity index (χ0v) is 64.5. The number of carbonyl (C=O) groups is 9. The fourth-order valence-corrected chi connectivity index (χ4v) is 13.5. The highest BCUT2D eigenvalue weighted by Crippen LogP contribution is 2.36. The zero-order valence-electron chi connectivity index (χ0n) is 62.9. The maximum Gasteiger partial charge on any atom is 0.404 e. The number of H-pyrrole nitrogens is 1. The van der Waals surface area contributed by atoms with Crippen LogP contribution in [-0.2, 0) is 61.9 Å². The molecule has 0 aliphatic carbocycles. The van der Waals surface area contributed by atoms with Crippen LogP contribution in [-0.4, -0.2) is 327 Å². The van der Waals surface area contributed by atoms with Crippen LogP contribution >= 0.6 is 22.7 Å². The number of aliphatic hydroxyl groups excluding tert-OH is 11. The lowest BCUT2D eigenvalue weighted by molar-refractivity contribution is -0.372. The molecule has 3 aliphatic heterocycles. The normalized spacial score (nSPS) is 26.5. The average Bonchev–Trinajstić information content (AvgIpc) is 1.36. The van der Waals surface area contributed by atoms with Crippen molar-refractivity contribution in [1.29, 1.82) is 0 Å². The van der Waals surface area contributed by atoms with Crippen molar-refractivity contribution in [1.82, 2.24) is 72.4 Å². The van der Waals surface area contributed by atoms with E-state index in [9.17, 15) is 89.7 Å². The maximum atomic E-state index is 15.3. The predicted molar refractivity (Wildman–Crippen MR) is 394 cm³/mol. The monoisotopic (exact) mass is 1670 g/mol. The van der Waals surface area contributed by atoms with Crippen LogP contribution < -0.4 is 82.7 Å². The summed E-state index contributed by atoms with van der Waals surface area (Å²) in [6.07, 6.45) is -36.3. The molecule has 0 aromatic carbocycles. The summed E-state index contributed by atoms with van der Waals surface area (Å²) in [7, 11) is 1.81. The molecule has 0 bridgehead atoms. The van der Waals surface area contributed by atoms with Gasteiger partial charge in [-0.05, 0) is 60.5 Å². The summed E-state index contributed by atoms with van der Waals surface area (Å²) in [5, 5.41) is 146. The van der Waals surface area contributed by atoms with Gasteiger partial charge in [-0.15, -0.1) is 22.7 Å². The molecule has 642 valence electrons. The second-order valence-electron chi connectivity index (χ2n) is 27.4. The third kappa shape index (κ3) is 25.5. The number of anilines is 1. The minimum atomic E-state index is -2.27. The summed E-state index contributed by atoms with van der Waals surface area (Å²) in [4.78, 5) is 145. The lowest BCUT2D eigenvalue weighted by atomic mass is 9.97. The molecular formula is C65H103N21O27S2. The van der Waals surface area contributed by atoms with E-state index in [2.05, 4.69) is 72.4 Å². The molecule has 50 heteroatoms. The molecule has 4 aromatic heterocycles. The first-order chi connectivity index (χ1) is 54.4. The van der Waals surface area contributed by atoms with E-state index in [1.807, 2.05) is 0 Å². The van der Waals surface area contributed by atoms with Crippen molar-refractivity contribution in [3.8, 4) is 10.7 Å². The number of imidazole rings is 1. The molecule has 34 N–H and O–H groups in total. The van der Waals surface area contributed by atoms with E-state index in [0.29, 0.717) is 19.4 Å². The largest absolute Gasteiger partial charge is 0.441 e. The molecule has 18 unspecified atom stereocenters. The zero-order chi connectivity index (χ0) is 85.0. The minimum absolute atomic E-state index is 0.0121. The lowest BCUT2D eigenvalue weighted by Crippen LogP contribution is -2.65. The number of aliphatic hydroxyl groups is 11. The molecule has 0 radical (unpaired) electrons. The Balaban J connectivity index is 1.14. The van der Waals surface area contributed by atoms with Gasteiger partial charge in [0.05, 0.1) is 80.3 Å². The van der Waals surface area contributed by atoms with Crippen molar-refractivity contribution >= 4 is 81.8 Å². The first kappa shape index (κ1) is 93.7. The summed E-state index contributed by atoms with van der Waals surface area (Å²) in [6, 6.07) is -10.2. The smallest absolute Gasteiger partial charge is 0.404 e. The second kappa shape index (κ2) is 43.6. The topological polar surface area (TPSA) is 799 Å². The molecule has 0 saturated carbocycles. The Kier molecular flexibility index (Phi) is 35.5. The van der Waals surface area contributed by atoms with Crippen molar-refractivity contribution in [2.75, 3.05) is 52.2 Å². The highest BCUT2D eigenvalue weighted by atomic mass is 32.1. The van der Waals surface area contributed by atoms with Crippen LogP contribution in [0.4, 0.5) is 10.6 Å². The van der Waals surface area contributed by atoms with Gasteiger partial charge in [0.2, 0.25) is 35.4 Å². The van der Waals surface area contributed by atoms with Gasteiger partial charge in [0, 0.05) is 54.8 Å². The van der Waals surface area contributed by atoms with Crippen LogP contribution in [0.25, 0.3) is 10.7 Å². The molecule has 7 rings (SSSR count). The standard InChI is InChI=1S/C65H103N21O27S2/c1-22-39(83-54(85-52(22)70)28(13-35(68)91)77-15-27(67)53(71)101)56(103)84-41(49(29-16-74-21-78-29)110-64-51(45(97)42(94)33(17-87)109-64)111-63-47(99)50(112-65(72)106)43(95)34(18-88)108-63)58(105)79-23(2)32(90)14-37(93)82-40(24(3)89)57(104)86-59(113-62-46(98)44(96)38(69)25(4)107-62)48(100)61-81-31(20-115-61)60-80-30(19-114-60)55(102)76-10-6-8-26(66)12-36(92)75-11-7-9-73-5/h16,19-21,23-28,32-34,38,40-51,59,62-64,73,77,87-90,94-100H,6-15,17-18,66-67,69H2,1-5H3,(H2,68,91)(H2,71,101)(H2,72,106)(H,74,78)(H,75,92)(H,76,102)(H,79,105)(H,82,93)(H,84,103)(H,86,104)(H2,70,83,85)/t23-,24-,25?,26?,27+,28+,32+,33?,34?,38?,40+,41+,42?,43?,44?,45?,46?,47?,48?,49+,50?,51?,59?,62?,63?,64?/m1/s1. The minimum Gasteiger partial charge on any atom is -0.441 e. The van der Waals surface area contributed by atoms with Gasteiger partial charge < -0.3 is 177 Å². The molecule has 115 heavy (non-hydrogen) atoms. The number of carbonyl (C=O) groups excluding carboxylic acids is 9. The number of amides is 9. The molecule has 0 spiro atoms. The molecule has 3 aliphatic rings. The Morgan fingerprint density at radius 3 is 2.02 bits per heavy atom. The van der Waals surface area contributed by atoms with Crippen LogP contribution in [0.3, 0.4) is 0 Å². The second-order valence-corrected chi connectivity index (χ2v) is 29.2. The molecule has 48 nitrogen and oxygen atoms in total. The van der Waals surface area contributed by atoms with Crippen LogP contribution in [0.5, 0.6) is 0 Å². The van der Waals surface area contributed by atoms with Crippen LogP contribution in [0.15, 0.2) is 23.3 Å². The molecule has 7 heterocycles. The molecule has 3 fully saturated rings. The van der Waals surface area contributed by atoms with E-state index in [0.717, 1.165) is 62.0 Å². The summed E-state index contributed by atoms with van der Waals surface area (Å²) in [6.45, 7) is 3.87. The van der Waals surface area contributed by atoms with Crippen LogP contribution in [0.2, 0.25) is 0 Å². The third-order valence-corrected chi connectivity index (χ3v) is 20.4. The van der Waals surface area contributed by atoms with Gasteiger partial charge in [0.25, 0.3) is 11.8 Å². The number of nitrogen functional groups attached to an aromatic ring is 1. The Labute approximate surface area is 663 Å². The Hall–Kier alpha value is -8.50. The SMILES string of the molecule is CNCCCNC(=O)CC(N)CCCNC(=O)c1csc(-c2csc(C(O)C(NC(=O)[C@@H](NC(=O)C[C@H](O)[C@@H](C)NC(=O)[C@@H](NC(=O)c3nc([C@H](CC(N)=O)NC[C@H](N)C(N)=O)nc(N)c3C)[C@@H](OC3OC(CO)C(O)C(O)C3OC3OC(CO)C(O)C(OC(N)=O)C3O)c3cnc[nH]3)[C@@H](C)O)OC3OC(C)C(N)C(O)C3O)n2)n1. The van der Waals surface area contributed by atoms with Gasteiger partial charge in [-0.2, -0.15) is 0 Å². The number of nitrogens with one attached hydrogen (secondary N) is 9.